The van der Waals surface area contributed by atoms with E-state index in [0.29, 0.717) is 17.5 Å². The van der Waals surface area contributed by atoms with E-state index in [2.05, 4.69) is 208 Å². The van der Waals surface area contributed by atoms with Gasteiger partial charge in [-0.3, -0.25) is 0 Å². The van der Waals surface area contributed by atoms with Crippen molar-refractivity contribution in [1.82, 2.24) is 15.0 Å². The molecule has 15 rings (SSSR count). The van der Waals surface area contributed by atoms with Crippen LogP contribution in [0.4, 0.5) is 0 Å². The van der Waals surface area contributed by atoms with Crippen LogP contribution in [0.2, 0.25) is 0 Å². The monoisotopic (exact) mass is 971 g/mol. The molecule has 76 heavy (non-hydrogen) atoms. The third-order valence-electron chi connectivity index (χ3n) is 15.7. The molecule has 0 N–H and O–H groups in total. The second kappa shape index (κ2) is 17.1. The zero-order valence-corrected chi connectivity index (χ0v) is 41.5. The lowest BCUT2D eigenvalue weighted by molar-refractivity contribution is 0.668. The van der Waals surface area contributed by atoms with E-state index in [4.69, 9.17) is 23.8 Å². The second-order valence-electron chi connectivity index (χ2n) is 19.7. The molecule has 0 aliphatic heterocycles. The van der Waals surface area contributed by atoms with Gasteiger partial charge in [-0.05, 0) is 133 Å². The van der Waals surface area contributed by atoms with E-state index >= 15 is 0 Å². The summed E-state index contributed by atoms with van der Waals surface area (Å²) in [6.07, 6.45) is 6.52. The molecule has 13 aromatic rings. The summed E-state index contributed by atoms with van der Waals surface area (Å²) in [6.45, 7) is 6.49. The highest BCUT2D eigenvalue weighted by atomic mass is 16.3. The molecule has 0 amide bonds. The van der Waals surface area contributed by atoms with Gasteiger partial charge in [0, 0.05) is 38.2 Å². The Balaban J connectivity index is 0.891. The predicted octanol–water partition coefficient (Wildman–Crippen LogP) is 18.5. The van der Waals surface area contributed by atoms with Gasteiger partial charge in [-0.25, -0.2) is 15.0 Å². The van der Waals surface area contributed by atoms with Gasteiger partial charge in [0.15, 0.2) is 17.5 Å². The first-order chi connectivity index (χ1) is 37.6. The molecule has 1 atom stereocenters. The molecule has 3 heterocycles. The van der Waals surface area contributed by atoms with Crippen LogP contribution in [0.25, 0.3) is 128 Å². The highest BCUT2D eigenvalue weighted by Gasteiger charge is 2.52. The first kappa shape index (κ1) is 43.6. The van der Waals surface area contributed by atoms with Crippen LogP contribution >= 0.6 is 0 Å². The van der Waals surface area contributed by atoms with Crippen molar-refractivity contribution in [3.63, 3.8) is 0 Å². The summed E-state index contributed by atoms with van der Waals surface area (Å²) >= 11 is 0. The molecule has 0 saturated carbocycles. The summed E-state index contributed by atoms with van der Waals surface area (Å²) in [6, 6.07) is 79.5. The number of benzene rings is 10. The maximum Gasteiger partial charge on any atom is 0.164 e. The summed E-state index contributed by atoms with van der Waals surface area (Å²) in [5.41, 5.74) is 21.9. The number of rotatable bonds is 8. The van der Waals surface area contributed by atoms with Crippen molar-refractivity contribution in [3.8, 4) is 78.7 Å². The van der Waals surface area contributed by atoms with E-state index in [9.17, 15) is 0 Å². The molecule has 356 valence electrons. The second-order valence-corrected chi connectivity index (χ2v) is 19.7. The minimum atomic E-state index is -0.532. The molecule has 2 aliphatic carbocycles. The lowest BCUT2D eigenvalue weighted by Gasteiger charge is -2.33. The van der Waals surface area contributed by atoms with Gasteiger partial charge in [-0.1, -0.05) is 201 Å². The van der Waals surface area contributed by atoms with Gasteiger partial charge in [0.05, 0.1) is 5.41 Å². The van der Waals surface area contributed by atoms with Crippen molar-refractivity contribution in [3.05, 3.63) is 277 Å². The number of fused-ring (bicyclic) bond motifs is 13. The van der Waals surface area contributed by atoms with Crippen LogP contribution < -0.4 is 0 Å². The van der Waals surface area contributed by atoms with Crippen LogP contribution in [0.5, 0.6) is 0 Å². The molecule has 0 radical (unpaired) electrons. The molecule has 5 nitrogen and oxygen atoms in total. The van der Waals surface area contributed by atoms with E-state index in [0.717, 1.165) is 88.4 Å². The van der Waals surface area contributed by atoms with Crippen LogP contribution in [0.1, 0.15) is 29.2 Å². The zero-order chi connectivity index (χ0) is 50.5. The topological polar surface area (TPSA) is 65.0 Å². The standard InChI is InChI=1S/C71H45N3O2/c1-3-18-59-50(4-2)52-25-8-11-31-60(52)71(59)61-32-12-9-26-53(61)56-29-16-28-51(67(56)71)47-23-14-22-45(39-47)46-36-38-63-58(41-46)66-57(30-17-34-64(66)75-63)70-73-68(48-24-15-21-44(40-48)43-19-6-5-7-20-43)72-69(74-70)49-35-37-55-54-27-10-13-33-62(54)76-65(55)42-49/h3-42H,2H2,1H3/b18-3-. The molecular weight excluding hydrogens is 927 g/mol. The number of nitrogens with zero attached hydrogens (tertiary/aromatic N) is 3. The third kappa shape index (κ3) is 6.49. The Bertz CT molecular complexity index is 4630. The molecule has 0 fully saturated rings. The fourth-order valence-corrected chi connectivity index (χ4v) is 12.4. The largest absolute Gasteiger partial charge is 0.456 e. The van der Waals surface area contributed by atoms with Crippen molar-refractivity contribution < 1.29 is 8.83 Å². The van der Waals surface area contributed by atoms with Gasteiger partial charge in [-0.2, -0.15) is 0 Å². The molecule has 1 unspecified atom stereocenters. The summed E-state index contributed by atoms with van der Waals surface area (Å²) in [5, 5.41) is 4.02. The first-order valence-corrected chi connectivity index (χ1v) is 25.8. The minimum absolute atomic E-state index is 0.532. The molecule has 2 aliphatic rings. The predicted molar refractivity (Wildman–Crippen MR) is 311 cm³/mol. The van der Waals surface area contributed by atoms with E-state index in [1.807, 2.05) is 48.5 Å². The van der Waals surface area contributed by atoms with Crippen molar-refractivity contribution >= 4 is 49.5 Å². The Morgan fingerprint density at radius 2 is 0.921 bits per heavy atom. The molecule has 10 aromatic carbocycles. The van der Waals surface area contributed by atoms with Gasteiger partial charge in [0.1, 0.15) is 22.3 Å². The van der Waals surface area contributed by atoms with Gasteiger partial charge in [0.2, 0.25) is 0 Å². The Morgan fingerprint density at radius 1 is 0.382 bits per heavy atom. The maximum absolute atomic E-state index is 6.68. The fraction of sp³-hybridized carbons (Fsp3) is 0.0282. The number of hydrogen-bond acceptors (Lipinski definition) is 5. The van der Waals surface area contributed by atoms with Crippen LogP contribution in [0.3, 0.4) is 0 Å². The number of hydrogen-bond donors (Lipinski definition) is 0. The normalized spacial score (nSPS) is 14.6. The first-order valence-electron chi connectivity index (χ1n) is 25.8. The maximum atomic E-state index is 6.68. The number of aromatic nitrogens is 3. The van der Waals surface area contributed by atoms with E-state index in [-0.39, 0.29) is 0 Å². The van der Waals surface area contributed by atoms with Crippen LogP contribution in [-0.4, -0.2) is 15.0 Å². The van der Waals surface area contributed by atoms with Crippen LogP contribution in [0, 0.1) is 0 Å². The highest BCUT2D eigenvalue weighted by Crippen LogP contribution is 2.64. The Hall–Kier alpha value is -9.97. The average Bonchev–Trinajstić information content (AvgIpc) is 4.41. The minimum Gasteiger partial charge on any atom is -0.456 e. The van der Waals surface area contributed by atoms with Crippen molar-refractivity contribution in [2.75, 3.05) is 0 Å². The number of allylic oxidation sites excluding steroid dienone is 5. The van der Waals surface area contributed by atoms with E-state index in [1.54, 1.807) is 0 Å². The van der Waals surface area contributed by atoms with E-state index < -0.39 is 5.41 Å². The Labute approximate surface area is 439 Å². The zero-order valence-electron chi connectivity index (χ0n) is 41.5. The summed E-state index contributed by atoms with van der Waals surface area (Å²) < 4.78 is 13.1. The SMILES string of the molecule is C=CC1=C(/C=C\C)C2(c3ccccc31)c1ccccc1-c1cccc(-c3cccc(-c4ccc5oc6cccc(-c7nc(-c8cccc(-c9ccccc9)c8)nc(-c8ccc9c(c8)oc8ccccc89)n7)c6c5c4)c3)c12. The van der Waals surface area contributed by atoms with Gasteiger partial charge < -0.3 is 8.83 Å². The van der Waals surface area contributed by atoms with Gasteiger partial charge >= 0.3 is 0 Å². The molecular formula is C71H45N3O2. The quantitative estimate of drug-likeness (QED) is 0.152. The van der Waals surface area contributed by atoms with Gasteiger partial charge in [-0.15, -0.1) is 0 Å². The average molecular weight is 972 g/mol. The summed E-state index contributed by atoms with van der Waals surface area (Å²) in [7, 11) is 0. The van der Waals surface area contributed by atoms with E-state index in [1.165, 1.54) is 50.1 Å². The van der Waals surface area contributed by atoms with Crippen molar-refractivity contribution in [2.24, 2.45) is 0 Å². The smallest absolute Gasteiger partial charge is 0.164 e. The fourth-order valence-electron chi connectivity index (χ4n) is 12.4. The highest BCUT2D eigenvalue weighted by molar-refractivity contribution is 6.13. The third-order valence-corrected chi connectivity index (χ3v) is 15.7. The summed E-state index contributed by atoms with van der Waals surface area (Å²) in [5.74, 6) is 1.65. The Morgan fingerprint density at radius 3 is 1.75 bits per heavy atom. The van der Waals surface area contributed by atoms with Crippen LogP contribution in [-0.2, 0) is 5.41 Å². The molecule has 0 bridgehead atoms. The Kier molecular flexibility index (Phi) is 9.78. The molecule has 1 spiro atoms. The number of furan rings is 2. The molecule has 3 aromatic heterocycles. The van der Waals surface area contributed by atoms with Crippen LogP contribution in [0.15, 0.2) is 264 Å². The lowest BCUT2D eigenvalue weighted by Crippen LogP contribution is -2.27. The van der Waals surface area contributed by atoms with Crippen molar-refractivity contribution in [2.45, 2.75) is 12.3 Å². The van der Waals surface area contributed by atoms with Gasteiger partial charge in [0.25, 0.3) is 0 Å². The van der Waals surface area contributed by atoms with Crippen molar-refractivity contribution in [1.29, 1.82) is 0 Å². The lowest BCUT2D eigenvalue weighted by atomic mass is 9.67. The number of para-hydroxylation sites is 1. The molecule has 5 heteroatoms. The molecule has 0 saturated heterocycles. The summed E-state index contributed by atoms with van der Waals surface area (Å²) in [4.78, 5) is 15.8.